The highest BCUT2D eigenvalue weighted by molar-refractivity contribution is 7.87. The Kier molecular flexibility index (Phi) is 5.70. The predicted octanol–water partition coefficient (Wildman–Crippen LogP) is 0.358. The molecule has 25 heavy (non-hydrogen) atoms. The molecule has 0 aromatic carbocycles. The lowest BCUT2D eigenvalue weighted by atomic mass is 10.1. The largest absolute Gasteiger partial charge is 0.347 e. The van der Waals surface area contributed by atoms with Crippen LogP contribution in [-0.2, 0) is 16.8 Å². The van der Waals surface area contributed by atoms with Gasteiger partial charge in [-0.2, -0.15) is 32.4 Å². The Balaban J connectivity index is 1.76. The number of nitrogens with one attached hydrogen (secondary N) is 1. The van der Waals surface area contributed by atoms with E-state index in [-0.39, 0.29) is 6.54 Å². The van der Waals surface area contributed by atoms with Crippen molar-refractivity contribution in [1.29, 1.82) is 0 Å². The van der Waals surface area contributed by atoms with E-state index in [2.05, 4.69) is 24.6 Å². The van der Waals surface area contributed by atoms with Gasteiger partial charge in [0.25, 0.3) is 10.2 Å². The summed E-state index contributed by atoms with van der Waals surface area (Å²) in [5, 5.41) is 0. The summed E-state index contributed by atoms with van der Waals surface area (Å²) in [5.74, 6) is 1.63. The number of hydrogen-bond acceptors (Lipinski definition) is 7. The molecule has 3 heterocycles. The van der Waals surface area contributed by atoms with Crippen molar-refractivity contribution in [3.05, 3.63) is 5.82 Å². The molecule has 0 aliphatic carbocycles. The van der Waals surface area contributed by atoms with E-state index in [4.69, 9.17) is 0 Å². The number of anilines is 2. The van der Waals surface area contributed by atoms with Gasteiger partial charge in [-0.1, -0.05) is 0 Å². The standard InChI is InChI=1S/C15H27N7O2S/c1-20(2)14-17-13(12-16-25(23,24)22-10-6-7-11-22)18-15(19-14)21-8-4-3-5-9-21/h16H,3-12H2,1-2H3. The van der Waals surface area contributed by atoms with E-state index in [0.29, 0.717) is 30.8 Å². The summed E-state index contributed by atoms with van der Waals surface area (Å²) >= 11 is 0. The number of hydrogen-bond donors (Lipinski definition) is 1. The quantitative estimate of drug-likeness (QED) is 0.773. The van der Waals surface area contributed by atoms with Gasteiger partial charge in [-0.15, -0.1) is 0 Å². The lowest BCUT2D eigenvalue weighted by molar-refractivity contribution is 0.463. The van der Waals surface area contributed by atoms with Crippen LogP contribution in [0.4, 0.5) is 11.9 Å². The van der Waals surface area contributed by atoms with Gasteiger partial charge in [-0.25, -0.2) is 0 Å². The second kappa shape index (κ2) is 7.79. The van der Waals surface area contributed by atoms with Crippen LogP contribution in [0, 0.1) is 0 Å². The summed E-state index contributed by atoms with van der Waals surface area (Å²) in [7, 11) is 0.264. The number of nitrogens with zero attached hydrogens (tertiary/aromatic N) is 6. The van der Waals surface area contributed by atoms with Gasteiger partial charge in [0.15, 0.2) is 5.82 Å². The normalized spacial score (nSPS) is 19.4. The first-order chi connectivity index (χ1) is 12.0. The van der Waals surface area contributed by atoms with Gasteiger partial charge in [0.1, 0.15) is 0 Å². The molecule has 10 heteroatoms. The maximum Gasteiger partial charge on any atom is 0.279 e. The first kappa shape index (κ1) is 18.3. The van der Waals surface area contributed by atoms with Crippen molar-refractivity contribution in [2.45, 2.75) is 38.6 Å². The van der Waals surface area contributed by atoms with E-state index < -0.39 is 10.2 Å². The monoisotopic (exact) mass is 369 g/mol. The van der Waals surface area contributed by atoms with Gasteiger partial charge >= 0.3 is 0 Å². The van der Waals surface area contributed by atoms with Crippen LogP contribution in [0.1, 0.15) is 37.9 Å². The Hall–Kier alpha value is -1.52. The molecule has 2 fully saturated rings. The Morgan fingerprint density at radius 3 is 2.24 bits per heavy atom. The van der Waals surface area contributed by atoms with Gasteiger partial charge in [0, 0.05) is 40.3 Å². The van der Waals surface area contributed by atoms with Crippen molar-refractivity contribution >= 4 is 22.1 Å². The fourth-order valence-corrected chi connectivity index (χ4v) is 4.32. The zero-order valence-corrected chi connectivity index (χ0v) is 15.8. The Morgan fingerprint density at radius 1 is 0.960 bits per heavy atom. The first-order valence-electron chi connectivity index (χ1n) is 8.88. The van der Waals surface area contributed by atoms with E-state index in [1.807, 2.05) is 19.0 Å². The van der Waals surface area contributed by atoms with Crippen molar-refractivity contribution in [1.82, 2.24) is 24.0 Å². The number of piperidine rings is 1. The van der Waals surface area contributed by atoms with Crippen LogP contribution in [0.15, 0.2) is 0 Å². The molecule has 2 aliphatic heterocycles. The van der Waals surface area contributed by atoms with Crippen LogP contribution in [0.25, 0.3) is 0 Å². The molecular formula is C15H27N7O2S. The van der Waals surface area contributed by atoms with E-state index in [9.17, 15) is 8.42 Å². The minimum Gasteiger partial charge on any atom is -0.347 e. The van der Waals surface area contributed by atoms with Gasteiger partial charge in [0.05, 0.1) is 6.54 Å². The summed E-state index contributed by atoms with van der Waals surface area (Å²) in [5.41, 5.74) is 0. The van der Waals surface area contributed by atoms with Crippen LogP contribution in [0.5, 0.6) is 0 Å². The molecule has 0 atom stereocenters. The maximum absolute atomic E-state index is 12.3. The number of rotatable bonds is 6. The molecule has 0 bridgehead atoms. The molecule has 1 aromatic heterocycles. The molecule has 140 valence electrons. The summed E-state index contributed by atoms with van der Waals surface area (Å²) in [6, 6.07) is 0. The van der Waals surface area contributed by atoms with Crippen molar-refractivity contribution in [3.8, 4) is 0 Å². The average Bonchev–Trinajstić information content (AvgIpc) is 3.16. The summed E-state index contributed by atoms with van der Waals surface area (Å²) in [6.07, 6.45) is 5.30. The van der Waals surface area contributed by atoms with Crippen LogP contribution in [0.2, 0.25) is 0 Å². The smallest absolute Gasteiger partial charge is 0.279 e. The Labute approximate surface area is 149 Å². The number of aromatic nitrogens is 3. The zero-order valence-electron chi connectivity index (χ0n) is 15.0. The van der Waals surface area contributed by atoms with Crippen LogP contribution < -0.4 is 14.5 Å². The van der Waals surface area contributed by atoms with Crippen molar-refractivity contribution in [2.24, 2.45) is 0 Å². The lowest BCUT2D eigenvalue weighted by Gasteiger charge is -2.27. The third kappa shape index (κ3) is 4.56. The predicted molar refractivity (Wildman–Crippen MR) is 96.8 cm³/mol. The van der Waals surface area contributed by atoms with Crippen molar-refractivity contribution < 1.29 is 8.42 Å². The van der Waals surface area contributed by atoms with E-state index in [1.165, 1.54) is 10.7 Å². The van der Waals surface area contributed by atoms with Gasteiger partial charge < -0.3 is 9.80 Å². The molecule has 0 amide bonds. The summed E-state index contributed by atoms with van der Waals surface area (Å²) < 4.78 is 28.8. The van der Waals surface area contributed by atoms with Crippen molar-refractivity contribution in [2.75, 3.05) is 50.1 Å². The maximum atomic E-state index is 12.3. The van der Waals surface area contributed by atoms with Crippen LogP contribution in [0.3, 0.4) is 0 Å². The molecular weight excluding hydrogens is 342 g/mol. The molecule has 1 aromatic rings. The highest BCUT2D eigenvalue weighted by atomic mass is 32.2. The van der Waals surface area contributed by atoms with Crippen molar-refractivity contribution in [3.63, 3.8) is 0 Å². The minimum absolute atomic E-state index is 0.0725. The molecule has 0 spiro atoms. The highest BCUT2D eigenvalue weighted by Gasteiger charge is 2.25. The third-order valence-electron chi connectivity index (χ3n) is 4.51. The van der Waals surface area contributed by atoms with Crippen LogP contribution >= 0.6 is 0 Å². The van der Waals surface area contributed by atoms with E-state index in [1.54, 1.807) is 0 Å². The second-order valence-electron chi connectivity index (χ2n) is 6.73. The van der Waals surface area contributed by atoms with Crippen LogP contribution in [-0.4, -0.2) is 67.9 Å². The SMILES string of the molecule is CN(C)c1nc(CNS(=O)(=O)N2CCCC2)nc(N2CCCCC2)n1. The molecule has 0 radical (unpaired) electrons. The molecule has 9 nitrogen and oxygen atoms in total. The zero-order chi connectivity index (χ0) is 17.9. The third-order valence-corrected chi connectivity index (χ3v) is 6.07. The molecule has 2 aliphatic rings. The molecule has 1 N–H and O–H groups in total. The lowest BCUT2D eigenvalue weighted by Crippen LogP contribution is -2.39. The first-order valence-corrected chi connectivity index (χ1v) is 10.3. The molecule has 2 saturated heterocycles. The topological polar surface area (TPSA) is 94.6 Å². The Morgan fingerprint density at radius 2 is 1.60 bits per heavy atom. The fraction of sp³-hybridized carbons (Fsp3) is 0.800. The van der Waals surface area contributed by atoms with Gasteiger partial charge in [-0.05, 0) is 32.1 Å². The van der Waals surface area contributed by atoms with Gasteiger partial charge in [0.2, 0.25) is 11.9 Å². The summed E-state index contributed by atoms with van der Waals surface area (Å²) in [6.45, 7) is 3.08. The van der Waals surface area contributed by atoms with E-state index in [0.717, 1.165) is 38.8 Å². The second-order valence-corrected chi connectivity index (χ2v) is 8.48. The molecule has 0 unspecified atom stereocenters. The fourth-order valence-electron chi connectivity index (χ4n) is 3.09. The highest BCUT2D eigenvalue weighted by Crippen LogP contribution is 2.18. The summed E-state index contributed by atoms with van der Waals surface area (Å²) in [4.78, 5) is 17.4. The molecule has 0 saturated carbocycles. The minimum atomic E-state index is -3.47. The van der Waals surface area contributed by atoms with E-state index >= 15 is 0 Å². The Bertz CT molecular complexity index is 683. The molecule has 3 rings (SSSR count). The average molecular weight is 369 g/mol. The van der Waals surface area contributed by atoms with Gasteiger partial charge in [-0.3, -0.25) is 0 Å².